The van der Waals surface area contributed by atoms with E-state index in [0.29, 0.717) is 24.3 Å². The molecule has 0 aromatic heterocycles. The molecule has 1 aliphatic rings. The first kappa shape index (κ1) is 14.4. The van der Waals surface area contributed by atoms with Gasteiger partial charge in [-0.05, 0) is 37.5 Å². The highest BCUT2D eigenvalue weighted by Gasteiger charge is 2.37. The van der Waals surface area contributed by atoms with Crippen LogP contribution >= 0.6 is 0 Å². The maximum Gasteiger partial charge on any atom is 0.307 e. The Balaban J connectivity index is 2.13. The zero-order valence-corrected chi connectivity index (χ0v) is 11.7. The van der Waals surface area contributed by atoms with Crippen molar-refractivity contribution in [1.82, 2.24) is 0 Å². The molecule has 0 radical (unpaired) electrons. The van der Waals surface area contributed by atoms with Crippen molar-refractivity contribution in [2.45, 2.75) is 26.2 Å². The number of aliphatic carboxylic acids is 1. The van der Waals surface area contributed by atoms with Gasteiger partial charge in [0.15, 0.2) is 0 Å². The van der Waals surface area contributed by atoms with Crippen molar-refractivity contribution in [3.8, 4) is 5.75 Å². The highest BCUT2D eigenvalue weighted by Crippen LogP contribution is 2.34. The molecule has 2 atom stereocenters. The highest BCUT2D eigenvalue weighted by atomic mass is 16.5. The number of carboxylic acids is 1. The molecule has 1 amide bonds. The molecule has 2 unspecified atom stereocenters. The Morgan fingerprint density at radius 2 is 2.00 bits per heavy atom. The molecule has 1 aromatic carbocycles. The SMILES string of the molecule is COc1cc(C)ccc1NC(=O)C1CCCC1C(=O)O. The molecule has 2 rings (SSSR count). The van der Waals surface area contributed by atoms with Gasteiger partial charge in [-0.2, -0.15) is 0 Å². The van der Waals surface area contributed by atoms with Gasteiger partial charge in [-0.3, -0.25) is 9.59 Å². The summed E-state index contributed by atoms with van der Waals surface area (Å²) in [7, 11) is 1.54. The van der Waals surface area contributed by atoms with Crippen molar-refractivity contribution in [3.63, 3.8) is 0 Å². The number of rotatable bonds is 4. The van der Waals surface area contributed by atoms with Crippen LogP contribution in [0.5, 0.6) is 5.75 Å². The van der Waals surface area contributed by atoms with E-state index in [0.717, 1.165) is 12.0 Å². The third-order valence-corrected chi connectivity index (χ3v) is 3.78. The summed E-state index contributed by atoms with van der Waals surface area (Å²) in [5, 5.41) is 11.9. The van der Waals surface area contributed by atoms with Gasteiger partial charge in [0, 0.05) is 0 Å². The van der Waals surface area contributed by atoms with Gasteiger partial charge in [0.25, 0.3) is 0 Å². The standard InChI is InChI=1S/C15H19NO4/c1-9-6-7-12(13(8-9)20-2)16-14(17)10-4-3-5-11(10)15(18)19/h6-8,10-11H,3-5H2,1-2H3,(H,16,17)(H,18,19). The third-order valence-electron chi connectivity index (χ3n) is 3.78. The molecule has 1 aromatic rings. The van der Waals surface area contributed by atoms with Crippen molar-refractivity contribution >= 4 is 17.6 Å². The van der Waals surface area contributed by atoms with Gasteiger partial charge >= 0.3 is 5.97 Å². The van der Waals surface area contributed by atoms with Crippen LogP contribution in [-0.2, 0) is 9.59 Å². The fourth-order valence-electron chi connectivity index (χ4n) is 2.70. The van der Waals surface area contributed by atoms with Crippen molar-refractivity contribution in [1.29, 1.82) is 0 Å². The van der Waals surface area contributed by atoms with Gasteiger partial charge in [0.05, 0.1) is 24.6 Å². The molecule has 1 saturated carbocycles. The summed E-state index contributed by atoms with van der Waals surface area (Å²) < 4.78 is 5.23. The number of benzene rings is 1. The average molecular weight is 277 g/mol. The Labute approximate surface area is 117 Å². The second-order valence-corrected chi connectivity index (χ2v) is 5.18. The maximum absolute atomic E-state index is 12.3. The number of carbonyl (C=O) groups is 2. The van der Waals surface area contributed by atoms with E-state index in [-0.39, 0.29) is 5.91 Å². The van der Waals surface area contributed by atoms with E-state index in [4.69, 9.17) is 9.84 Å². The number of amides is 1. The number of hydrogen-bond donors (Lipinski definition) is 2. The predicted octanol–water partition coefficient (Wildman–Crippen LogP) is 2.44. The molecule has 0 saturated heterocycles. The van der Waals surface area contributed by atoms with Gasteiger partial charge in [-0.15, -0.1) is 0 Å². The molecule has 108 valence electrons. The Morgan fingerprint density at radius 3 is 2.65 bits per heavy atom. The van der Waals surface area contributed by atoms with Gasteiger partial charge in [-0.1, -0.05) is 12.5 Å². The Kier molecular flexibility index (Phi) is 4.27. The molecule has 1 aliphatic carbocycles. The fraction of sp³-hybridized carbons (Fsp3) is 0.467. The van der Waals surface area contributed by atoms with Crippen LogP contribution in [0.1, 0.15) is 24.8 Å². The summed E-state index contributed by atoms with van der Waals surface area (Å²) >= 11 is 0. The van der Waals surface area contributed by atoms with Crippen LogP contribution in [0.3, 0.4) is 0 Å². The fourth-order valence-corrected chi connectivity index (χ4v) is 2.70. The second-order valence-electron chi connectivity index (χ2n) is 5.18. The van der Waals surface area contributed by atoms with Gasteiger partial charge < -0.3 is 15.2 Å². The lowest BCUT2D eigenvalue weighted by Crippen LogP contribution is -2.30. The van der Waals surface area contributed by atoms with E-state index >= 15 is 0 Å². The number of aryl methyl sites for hydroxylation is 1. The minimum absolute atomic E-state index is 0.239. The lowest BCUT2D eigenvalue weighted by Gasteiger charge is -2.17. The molecule has 2 N–H and O–H groups in total. The molecule has 1 fully saturated rings. The first-order valence-electron chi connectivity index (χ1n) is 6.71. The van der Waals surface area contributed by atoms with Crippen LogP contribution in [0.15, 0.2) is 18.2 Å². The Bertz CT molecular complexity index is 527. The van der Waals surface area contributed by atoms with Crippen molar-refractivity contribution < 1.29 is 19.4 Å². The van der Waals surface area contributed by atoms with Crippen LogP contribution < -0.4 is 10.1 Å². The summed E-state index contributed by atoms with van der Waals surface area (Å²) in [6.45, 7) is 1.94. The van der Waals surface area contributed by atoms with Crippen LogP contribution in [0.25, 0.3) is 0 Å². The second kappa shape index (κ2) is 5.94. The number of methoxy groups -OCH3 is 1. The van der Waals surface area contributed by atoms with Gasteiger partial charge in [0.1, 0.15) is 5.75 Å². The third kappa shape index (κ3) is 2.92. The van der Waals surface area contributed by atoms with Crippen molar-refractivity contribution in [2.75, 3.05) is 12.4 Å². The van der Waals surface area contributed by atoms with E-state index in [1.54, 1.807) is 13.2 Å². The quantitative estimate of drug-likeness (QED) is 0.886. The molecule has 5 heteroatoms. The monoisotopic (exact) mass is 277 g/mol. The zero-order chi connectivity index (χ0) is 14.7. The molecule has 5 nitrogen and oxygen atoms in total. The summed E-state index contributed by atoms with van der Waals surface area (Å²) in [6.07, 6.45) is 1.97. The van der Waals surface area contributed by atoms with Crippen LogP contribution in [0, 0.1) is 18.8 Å². The van der Waals surface area contributed by atoms with Crippen LogP contribution in [-0.4, -0.2) is 24.1 Å². The number of carboxylic acid groups (broad SMARTS) is 1. The number of hydrogen-bond acceptors (Lipinski definition) is 3. The molecule has 0 heterocycles. The summed E-state index contributed by atoms with van der Waals surface area (Å²) in [5.74, 6) is -1.58. The van der Waals surface area contributed by atoms with E-state index in [1.165, 1.54) is 0 Å². The maximum atomic E-state index is 12.3. The first-order valence-corrected chi connectivity index (χ1v) is 6.71. The van der Waals surface area contributed by atoms with Gasteiger partial charge in [0.2, 0.25) is 5.91 Å². The van der Waals surface area contributed by atoms with Crippen molar-refractivity contribution in [3.05, 3.63) is 23.8 Å². The topological polar surface area (TPSA) is 75.6 Å². The number of anilines is 1. The lowest BCUT2D eigenvalue weighted by atomic mass is 9.95. The summed E-state index contributed by atoms with van der Waals surface area (Å²) in [5.41, 5.74) is 1.61. The average Bonchev–Trinajstić information content (AvgIpc) is 2.90. The lowest BCUT2D eigenvalue weighted by molar-refractivity contribution is -0.145. The smallest absolute Gasteiger partial charge is 0.307 e. The summed E-state index contributed by atoms with van der Waals surface area (Å²) in [4.78, 5) is 23.4. The van der Waals surface area contributed by atoms with E-state index in [9.17, 15) is 9.59 Å². The molecular weight excluding hydrogens is 258 g/mol. The normalized spacial score (nSPS) is 21.5. The minimum Gasteiger partial charge on any atom is -0.495 e. The van der Waals surface area contributed by atoms with E-state index in [2.05, 4.69) is 5.32 Å². The number of nitrogens with one attached hydrogen (secondary N) is 1. The predicted molar refractivity (Wildman–Crippen MR) is 74.8 cm³/mol. The van der Waals surface area contributed by atoms with E-state index < -0.39 is 17.8 Å². The van der Waals surface area contributed by atoms with Crippen molar-refractivity contribution in [2.24, 2.45) is 11.8 Å². The minimum atomic E-state index is -0.890. The number of carbonyl (C=O) groups excluding carboxylic acids is 1. The molecule has 0 spiro atoms. The van der Waals surface area contributed by atoms with Gasteiger partial charge in [-0.25, -0.2) is 0 Å². The zero-order valence-electron chi connectivity index (χ0n) is 11.7. The molecule has 0 aliphatic heterocycles. The first-order chi connectivity index (χ1) is 9.52. The summed E-state index contributed by atoms with van der Waals surface area (Å²) in [6, 6.07) is 5.48. The Hall–Kier alpha value is -2.04. The van der Waals surface area contributed by atoms with Crippen LogP contribution in [0.4, 0.5) is 5.69 Å². The molecule has 0 bridgehead atoms. The number of ether oxygens (including phenoxy) is 1. The molecular formula is C15H19NO4. The largest absolute Gasteiger partial charge is 0.495 e. The highest BCUT2D eigenvalue weighted by molar-refractivity contribution is 5.96. The van der Waals surface area contributed by atoms with E-state index in [1.807, 2.05) is 19.1 Å². The van der Waals surface area contributed by atoms with Crippen LogP contribution in [0.2, 0.25) is 0 Å². The Morgan fingerprint density at radius 1 is 1.30 bits per heavy atom. The molecule has 20 heavy (non-hydrogen) atoms.